The molecule has 0 fully saturated rings. The highest BCUT2D eigenvalue weighted by atomic mass is 127. The number of benzene rings is 1. The van der Waals surface area contributed by atoms with Crippen LogP contribution < -0.4 is 4.74 Å². The third kappa shape index (κ3) is 3.31. The first-order valence-corrected chi connectivity index (χ1v) is 5.87. The van der Waals surface area contributed by atoms with Crippen molar-refractivity contribution >= 4 is 22.6 Å². The van der Waals surface area contributed by atoms with E-state index in [1.807, 2.05) is 6.07 Å². The molecule has 0 bridgehead atoms. The molecule has 1 aromatic carbocycles. The lowest BCUT2D eigenvalue weighted by Gasteiger charge is -2.06. The summed E-state index contributed by atoms with van der Waals surface area (Å²) in [5.74, 6) is 0.515. The zero-order valence-electron chi connectivity index (χ0n) is 8.78. The van der Waals surface area contributed by atoms with Crippen molar-refractivity contribution in [3.63, 3.8) is 0 Å². The summed E-state index contributed by atoms with van der Waals surface area (Å²) in [6.45, 7) is 0. The number of aromatic nitrogens is 2. The van der Waals surface area contributed by atoms with Gasteiger partial charge in [-0.3, -0.25) is 0 Å². The van der Waals surface area contributed by atoms with Gasteiger partial charge in [-0.2, -0.15) is 13.2 Å². The Morgan fingerprint density at radius 2 is 1.83 bits per heavy atom. The summed E-state index contributed by atoms with van der Waals surface area (Å²) in [6.07, 6.45) is -4.49. The zero-order valence-corrected chi connectivity index (χ0v) is 10.9. The van der Waals surface area contributed by atoms with Gasteiger partial charge in [0.15, 0.2) is 5.69 Å². The van der Waals surface area contributed by atoms with E-state index >= 15 is 0 Å². The van der Waals surface area contributed by atoms with Gasteiger partial charge in [-0.05, 0) is 46.9 Å². The Kier molecular flexibility index (Phi) is 3.69. The van der Waals surface area contributed by atoms with Crippen LogP contribution in [-0.2, 0) is 6.18 Å². The minimum absolute atomic E-state index is 0.0185. The Labute approximate surface area is 114 Å². The van der Waals surface area contributed by atoms with Crippen LogP contribution in [0, 0.1) is 3.57 Å². The van der Waals surface area contributed by atoms with Gasteiger partial charge in [-0.15, -0.1) is 10.2 Å². The third-order valence-electron chi connectivity index (χ3n) is 1.95. The maximum absolute atomic E-state index is 12.3. The van der Waals surface area contributed by atoms with Gasteiger partial charge >= 0.3 is 6.18 Å². The number of halogens is 4. The van der Waals surface area contributed by atoms with Gasteiger partial charge in [-0.1, -0.05) is 6.07 Å². The van der Waals surface area contributed by atoms with Gasteiger partial charge in [0, 0.05) is 9.64 Å². The van der Waals surface area contributed by atoms with Gasteiger partial charge in [-0.25, -0.2) is 0 Å². The molecule has 0 atom stereocenters. The quantitative estimate of drug-likeness (QED) is 0.757. The molecule has 0 unspecified atom stereocenters. The number of rotatable bonds is 2. The van der Waals surface area contributed by atoms with E-state index < -0.39 is 11.9 Å². The fourth-order valence-corrected chi connectivity index (χ4v) is 1.69. The summed E-state index contributed by atoms with van der Waals surface area (Å²) >= 11 is 2.10. The van der Waals surface area contributed by atoms with Crippen LogP contribution in [0.25, 0.3) is 0 Å². The van der Waals surface area contributed by atoms with Crippen molar-refractivity contribution in [2.45, 2.75) is 6.18 Å². The van der Waals surface area contributed by atoms with E-state index in [0.29, 0.717) is 5.75 Å². The Balaban J connectivity index is 2.16. The number of nitrogens with zero attached hydrogens (tertiary/aromatic N) is 2. The third-order valence-corrected chi connectivity index (χ3v) is 2.62. The molecule has 94 valence electrons. The number of alkyl halides is 3. The highest BCUT2D eigenvalue weighted by Gasteiger charge is 2.32. The standard InChI is InChI=1S/C11H6F3IN2O/c12-11(13,14)9-4-5-10(17-16-9)18-8-3-1-2-7(15)6-8/h1-6H. The van der Waals surface area contributed by atoms with E-state index in [-0.39, 0.29) is 5.88 Å². The maximum atomic E-state index is 12.3. The molecule has 18 heavy (non-hydrogen) atoms. The van der Waals surface area contributed by atoms with Crippen LogP contribution in [0.4, 0.5) is 13.2 Å². The first-order valence-electron chi connectivity index (χ1n) is 4.79. The normalized spacial score (nSPS) is 11.3. The average Bonchev–Trinajstić information content (AvgIpc) is 2.28. The van der Waals surface area contributed by atoms with Crippen molar-refractivity contribution in [3.8, 4) is 11.6 Å². The Morgan fingerprint density at radius 3 is 2.39 bits per heavy atom. The van der Waals surface area contributed by atoms with Gasteiger partial charge < -0.3 is 4.74 Å². The highest BCUT2D eigenvalue weighted by Crippen LogP contribution is 2.28. The van der Waals surface area contributed by atoms with Crippen molar-refractivity contribution in [1.29, 1.82) is 0 Å². The lowest BCUT2D eigenvalue weighted by molar-refractivity contribution is -0.141. The molecule has 0 aliphatic carbocycles. The van der Waals surface area contributed by atoms with Crippen LogP contribution in [0.1, 0.15) is 5.69 Å². The number of hydrogen-bond donors (Lipinski definition) is 0. The first-order chi connectivity index (χ1) is 8.45. The molecular formula is C11H6F3IN2O. The first kappa shape index (κ1) is 13.1. The summed E-state index contributed by atoms with van der Waals surface area (Å²) in [5.41, 5.74) is -1.04. The molecule has 2 aromatic rings. The predicted octanol–water partition coefficient (Wildman–Crippen LogP) is 3.89. The summed E-state index contributed by atoms with van der Waals surface area (Å²) in [6, 6.07) is 9.02. The topological polar surface area (TPSA) is 35.0 Å². The fourth-order valence-electron chi connectivity index (χ4n) is 1.18. The molecule has 1 aromatic heterocycles. The lowest BCUT2D eigenvalue weighted by atomic mass is 10.3. The number of hydrogen-bond acceptors (Lipinski definition) is 3. The van der Waals surface area contributed by atoms with Crippen molar-refractivity contribution in [2.75, 3.05) is 0 Å². The highest BCUT2D eigenvalue weighted by molar-refractivity contribution is 14.1. The van der Waals surface area contributed by atoms with Crippen LogP contribution in [0.5, 0.6) is 11.6 Å². The predicted molar refractivity (Wildman–Crippen MR) is 66.3 cm³/mol. The summed E-state index contributed by atoms with van der Waals surface area (Å²) in [7, 11) is 0. The molecule has 0 amide bonds. The molecule has 0 aliphatic heterocycles. The molecule has 0 N–H and O–H groups in total. The minimum Gasteiger partial charge on any atom is -0.437 e. The molecule has 2 rings (SSSR count). The molecular weight excluding hydrogens is 360 g/mol. The van der Waals surface area contributed by atoms with E-state index in [9.17, 15) is 13.2 Å². The van der Waals surface area contributed by atoms with Gasteiger partial charge in [0.1, 0.15) is 5.75 Å². The van der Waals surface area contributed by atoms with Crippen molar-refractivity contribution in [1.82, 2.24) is 10.2 Å². The van der Waals surface area contributed by atoms with Crippen molar-refractivity contribution < 1.29 is 17.9 Å². The Hall–Kier alpha value is -1.38. The van der Waals surface area contributed by atoms with E-state index in [1.165, 1.54) is 0 Å². The SMILES string of the molecule is FC(F)(F)c1ccc(Oc2cccc(I)c2)nn1. The van der Waals surface area contributed by atoms with Crippen molar-refractivity contribution in [2.24, 2.45) is 0 Å². The summed E-state index contributed by atoms with van der Waals surface area (Å²) < 4.78 is 43.0. The fraction of sp³-hybridized carbons (Fsp3) is 0.0909. The van der Waals surface area contributed by atoms with Crippen LogP contribution in [0.2, 0.25) is 0 Å². The molecule has 0 spiro atoms. The Bertz CT molecular complexity index is 543. The molecule has 0 saturated heterocycles. The smallest absolute Gasteiger partial charge is 0.435 e. The van der Waals surface area contributed by atoms with E-state index in [0.717, 1.165) is 15.7 Å². The second-order valence-corrected chi connectivity index (χ2v) is 4.56. The monoisotopic (exact) mass is 366 g/mol. The molecule has 0 aliphatic rings. The van der Waals surface area contributed by atoms with E-state index in [1.54, 1.807) is 18.2 Å². The minimum atomic E-state index is -4.49. The van der Waals surface area contributed by atoms with E-state index in [4.69, 9.17) is 4.74 Å². The van der Waals surface area contributed by atoms with Gasteiger partial charge in [0.25, 0.3) is 0 Å². The van der Waals surface area contributed by atoms with Gasteiger partial charge in [0.2, 0.25) is 5.88 Å². The lowest BCUT2D eigenvalue weighted by Crippen LogP contribution is -2.08. The maximum Gasteiger partial charge on any atom is 0.435 e. The summed E-state index contributed by atoms with van der Waals surface area (Å²) in [5, 5.41) is 6.44. The van der Waals surface area contributed by atoms with Crippen LogP contribution in [0.3, 0.4) is 0 Å². The average molecular weight is 366 g/mol. The molecule has 3 nitrogen and oxygen atoms in total. The molecule has 1 heterocycles. The van der Waals surface area contributed by atoms with Crippen LogP contribution in [-0.4, -0.2) is 10.2 Å². The molecule has 0 radical (unpaired) electrons. The summed E-state index contributed by atoms with van der Waals surface area (Å²) in [4.78, 5) is 0. The van der Waals surface area contributed by atoms with Crippen LogP contribution in [0.15, 0.2) is 36.4 Å². The second-order valence-electron chi connectivity index (χ2n) is 3.31. The zero-order chi connectivity index (χ0) is 13.2. The molecule has 7 heteroatoms. The second kappa shape index (κ2) is 5.09. The van der Waals surface area contributed by atoms with Crippen LogP contribution >= 0.6 is 22.6 Å². The number of ether oxygens (including phenoxy) is 1. The van der Waals surface area contributed by atoms with Gasteiger partial charge in [0.05, 0.1) is 0 Å². The largest absolute Gasteiger partial charge is 0.437 e. The Morgan fingerprint density at radius 1 is 1.06 bits per heavy atom. The van der Waals surface area contributed by atoms with Crippen molar-refractivity contribution in [3.05, 3.63) is 45.7 Å². The molecule has 0 saturated carbocycles. The van der Waals surface area contributed by atoms with E-state index in [2.05, 4.69) is 32.8 Å².